The highest BCUT2D eigenvalue weighted by atomic mass is 16.5. The Bertz CT molecular complexity index is 452. The maximum atomic E-state index is 5.07. The van der Waals surface area contributed by atoms with Crippen molar-refractivity contribution in [2.24, 2.45) is 0 Å². The number of nitrogens with zero attached hydrogens (tertiary/aromatic N) is 3. The van der Waals surface area contributed by atoms with Crippen molar-refractivity contribution < 1.29 is 4.52 Å². The van der Waals surface area contributed by atoms with Crippen LogP contribution in [0.3, 0.4) is 0 Å². The van der Waals surface area contributed by atoms with Gasteiger partial charge >= 0.3 is 0 Å². The fraction of sp³-hybridized carbons (Fsp3) is 0.300. The number of aryl methyl sites for hydroxylation is 2. The fourth-order valence-electron chi connectivity index (χ4n) is 1.25. The largest absolute Gasteiger partial charge is 0.361 e. The van der Waals surface area contributed by atoms with Gasteiger partial charge in [0.2, 0.25) is 0 Å². The highest BCUT2D eigenvalue weighted by molar-refractivity contribution is 5.38. The smallest absolute Gasteiger partial charge is 0.156 e. The third-order valence-corrected chi connectivity index (χ3v) is 1.99. The van der Waals surface area contributed by atoms with Crippen molar-refractivity contribution in [1.29, 1.82) is 0 Å². The molecule has 0 amide bonds. The first-order valence-electron chi connectivity index (χ1n) is 4.69. The fourth-order valence-corrected chi connectivity index (χ4v) is 1.25. The highest BCUT2D eigenvalue weighted by Gasteiger charge is 2.02. The number of nitrogens with one attached hydrogen (secondary N) is 1. The third kappa shape index (κ3) is 2.31. The molecule has 0 bridgehead atoms. The lowest BCUT2D eigenvalue weighted by Crippen LogP contribution is -2.03. The number of hydrogen-bond acceptors (Lipinski definition) is 5. The third-order valence-electron chi connectivity index (χ3n) is 1.99. The van der Waals surface area contributed by atoms with Crippen molar-refractivity contribution in [2.75, 3.05) is 5.32 Å². The van der Waals surface area contributed by atoms with Gasteiger partial charge in [0, 0.05) is 18.5 Å². The lowest BCUT2D eigenvalue weighted by molar-refractivity contribution is 0.384. The molecule has 0 aliphatic carbocycles. The van der Waals surface area contributed by atoms with E-state index in [9.17, 15) is 0 Å². The van der Waals surface area contributed by atoms with E-state index < -0.39 is 0 Å². The number of rotatable bonds is 3. The summed E-state index contributed by atoms with van der Waals surface area (Å²) in [4.78, 5) is 8.29. The Morgan fingerprint density at radius 2 is 2.07 bits per heavy atom. The molecule has 5 heteroatoms. The van der Waals surface area contributed by atoms with Crippen LogP contribution in [0.2, 0.25) is 0 Å². The van der Waals surface area contributed by atoms with Crippen LogP contribution in [-0.4, -0.2) is 15.1 Å². The van der Waals surface area contributed by atoms with E-state index in [1.165, 1.54) is 0 Å². The molecule has 0 saturated heterocycles. The zero-order valence-corrected chi connectivity index (χ0v) is 8.69. The lowest BCUT2D eigenvalue weighted by Gasteiger charge is -2.04. The van der Waals surface area contributed by atoms with Gasteiger partial charge in [0.15, 0.2) is 5.76 Å². The van der Waals surface area contributed by atoms with Crippen LogP contribution < -0.4 is 5.32 Å². The Labute approximate surface area is 87.5 Å². The second-order valence-electron chi connectivity index (χ2n) is 3.28. The van der Waals surface area contributed by atoms with E-state index in [4.69, 9.17) is 4.52 Å². The summed E-state index contributed by atoms with van der Waals surface area (Å²) in [5.74, 6) is 1.56. The van der Waals surface area contributed by atoms with Crippen LogP contribution in [0.15, 0.2) is 23.0 Å². The minimum Gasteiger partial charge on any atom is -0.361 e. The number of anilines is 1. The van der Waals surface area contributed by atoms with Gasteiger partial charge in [0.05, 0.1) is 17.9 Å². The minimum atomic E-state index is 0.570. The summed E-state index contributed by atoms with van der Waals surface area (Å²) in [6, 6.07) is 1.89. The first-order valence-corrected chi connectivity index (χ1v) is 4.69. The maximum absolute atomic E-state index is 5.07. The van der Waals surface area contributed by atoms with Gasteiger partial charge in [-0.2, -0.15) is 0 Å². The Morgan fingerprint density at radius 3 is 2.73 bits per heavy atom. The quantitative estimate of drug-likeness (QED) is 0.824. The van der Waals surface area contributed by atoms with Crippen molar-refractivity contribution in [1.82, 2.24) is 15.1 Å². The normalized spacial score (nSPS) is 10.3. The summed E-state index contributed by atoms with van der Waals surface area (Å²) >= 11 is 0. The Kier molecular flexibility index (Phi) is 2.62. The topological polar surface area (TPSA) is 63.8 Å². The van der Waals surface area contributed by atoms with E-state index in [1.54, 1.807) is 12.4 Å². The predicted molar refractivity (Wildman–Crippen MR) is 55.3 cm³/mol. The summed E-state index contributed by atoms with van der Waals surface area (Å²) in [6.45, 7) is 4.36. The summed E-state index contributed by atoms with van der Waals surface area (Å²) in [5, 5.41) is 6.94. The average molecular weight is 204 g/mol. The van der Waals surface area contributed by atoms with Gasteiger partial charge in [0.25, 0.3) is 0 Å². The Hall–Kier alpha value is -1.91. The molecule has 0 aliphatic heterocycles. The number of aromatic nitrogens is 3. The molecule has 0 saturated carbocycles. The van der Waals surface area contributed by atoms with E-state index in [0.29, 0.717) is 6.54 Å². The summed E-state index contributed by atoms with van der Waals surface area (Å²) < 4.78 is 5.07. The van der Waals surface area contributed by atoms with Crippen molar-refractivity contribution in [3.63, 3.8) is 0 Å². The lowest BCUT2D eigenvalue weighted by atomic mass is 10.3. The van der Waals surface area contributed by atoms with Crippen LogP contribution in [0, 0.1) is 13.8 Å². The molecule has 2 aromatic heterocycles. The van der Waals surface area contributed by atoms with Gasteiger partial charge < -0.3 is 9.84 Å². The highest BCUT2D eigenvalue weighted by Crippen LogP contribution is 2.09. The van der Waals surface area contributed by atoms with Crippen LogP contribution in [0.25, 0.3) is 0 Å². The van der Waals surface area contributed by atoms with E-state index in [2.05, 4.69) is 20.4 Å². The van der Waals surface area contributed by atoms with Crippen LogP contribution >= 0.6 is 0 Å². The van der Waals surface area contributed by atoms with Crippen molar-refractivity contribution in [3.8, 4) is 0 Å². The molecule has 0 fully saturated rings. The SMILES string of the molecule is Cc1cc(CNc2nccnc2C)on1. The average Bonchev–Trinajstić information content (AvgIpc) is 2.63. The molecule has 0 unspecified atom stereocenters. The standard InChI is InChI=1S/C10H12N4O/c1-7-5-9(15-14-7)6-13-10-8(2)11-3-4-12-10/h3-5H,6H2,1-2H3,(H,12,13). The molecule has 0 aliphatic rings. The van der Waals surface area contributed by atoms with E-state index >= 15 is 0 Å². The zero-order chi connectivity index (χ0) is 10.7. The molecule has 2 aromatic rings. The molecule has 5 nitrogen and oxygen atoms in total. The molecular formula is C10H12N4O. The monoisotopic (exact) mass is 204 g/mol. The molecule has 78 valence electrons. The number of hydrogen-bond donors (Lipinski definition) is 1. The van der Waals surface area contributed by atoms with Crippen LogP contribution in [0.4, 0.5) is 5.82 Å². The van der Waals surface area contributed by atoms with E-state index in [-0.39, 0.29) is 0 Å². The van der Waals surface area contributed by atoms with Gasteiger partial charge in [-0.1, -0.05) is 5.16 Å². The van der Waals surface area contributed by atoms with E-state index in [1.807, 2.05) is 19.9 Å². The summed E-state index contributed by atoms with van der Waals surface area (Å²) in [6.07, 6.45) is 3.32. The molecule has 15 heavy (non-hydrogen) atoms. The van der Waals surface area contributed by atoms with Crippen LogP contribution in [-0.2, 0) is 6.54 Å². The zero-order valence-electron chi connectivity index (χ0n) is 8.69. The molecule has 0 spiro atoms. The molecule has 1 N–H and O–H groups in total. The Balaban J connectivity index is 2.02. The van der Waals surface area contributed by atoms with Crippen molar-refractivity contribution in [2.45, 2.75) is 20.4 Å². The van der Waals surface area contributed by atoms with Crippen LogP contribution in [0.1, 0.15) is 17.1 Å². The van der Waals surface area contributed by atoms with Gasteiger partial charge in [0.1, 0.15) is 5.82 Å². The predicted octanol–water partition coefficient (Wildman–Crippen LogP) is 1.69. The molecule has 0 aromatic carbocycles. The minimum absolute atomic E-state index is 0.570. The molecule has 2 rings (SSSR count). The second-order valence-corrected chi connectivity index (χ2v) is 3.28. The van der Waals surface area contributed by atoms with Crippen molar-refractivity contribution >= 4 is 5.82 Å². The summed E-state index contributed by atoms with van der Waals surface area (Å²) in [7, 11) is 0. The molecule has 0 atom stereocenters. The first kappa shape index (κ1) is 9.64. The molecule has 0 radical (unpaired) electrons. The van der Waals surface area contributed by atoms with Gasteiger partial charge in [-0.05, 0) is 13.8 Å². The maximum Gasteiger partial charge on any atom is 0.156 e. The Morgan fingerprint density at radius 1 is 1.27 bits per heavy atom. The van der Waals surface area contributed by atoms with Crippen molar-refractivity contribution in [3.05, 3.63) is 35.6 Å². The van der Waals surface area contributed by atoms with Gasteiger partial charge in [-0.15, -0.1) is 0 Å². The van der Waals surface area contributed by atoms with Gasteiger partial charge in [-0.3, -0.25) is 4.98 Å². The second kappa shape index (κ2) is 4.08. The van der Waals surface area contributed by atoms with Gasteiger partial charge in [-0.25, -0.2) is 4.98 Å². The van der Waals surface area contributed by atoms with E-state index in [0.717, 1.165) is 23.0 Å². The summed E-state index contributed by atoms with van der Waals surface area (Å²) in [5.41, 5.74) is 1.75. The van der Waals surface area contributed by atoms with Crippen LogP contribution in [0.5, 0.6) is 0 Å². The first-order chi connectivity index (χ1) is 7.25. The molecule has 2 heterocycles. The molecular weight excluding hydrogens is 192 g/mol.